The minimum atomic E-state index is -3.38. The van der Waals surface area contributed by atoms with Gasteiger partial charge in [-0.15, -0.1) is 0 Å². The number of para-hydroxylation sites is 1. The maximum atomic E-state index is 14.0. The third-order valence-electron chi connectivity index (χ3n) is 5.02. The predicted molar refractivity (Wildman–Crippen MR) is 112 cm³/mol. The van der Waals surface area contributed by atoms with Crippen LogP contribution in [0, 0.1) is 5.82 Å². The zero-order chi connectivity index (χ0) is 21.1. The van der Waals surface area contributed by atoms with Crippen molar-refractivity contribution in [3.8, 4) is 0 Å². The highest BCUT2D eigenvalue weighted by Gasteiger charge is 2.29. The van der Waals surface area contributed by atoms with E-state index in [2.05, 4.69) is 15.6 Å². The number of anilines is 2. The molecule has 6 nitrogen and oxygen atoms in total. The Bertz CT molecular complexity index is 1200. The molecule has 4 rings (SSSR count). The van der Waals surface area contributed by atoms with Gasteiger partial charge in [0.25, 0.3) is 5.91 Å². The van der Waals surface area contributed by atoms with Crippen LogP contribution in [0.4, 0.5) is 15.9 Å². The van der Waals surface area contributed by atoms with Gasteiger partial charge in [0.05, 0.1) is 27.9 Å². The van der Waals surface area contributed by atoms with Gasteiger partial charge in [0.15, 0.2) is 9.84 Å². The van der Waals surface area contributed by atoms with Crippen molar-refractivity contribution in [3.05, 3.63) is 83.8 Å². The topological polar surface area (TPSA) is 88.2 Å². The number of rotatable bonds is 4. The van der Waals surface area contributed by atoms with E-state index in [1.54, 1.807) is 54.6 Å². The molecule has 30 heavy (non-hydrogen) atoms. The number of benzene rings is 2. The molecular formula is C22H20FN3O3S. The van der Waals surface area contributed by atoms with Crippen molar-refractivity contribution >= 4 is 27.2 Å². The van der Waals surface area contributed by atoms with E-state index in [9.17, 15) is 17.6 Å². The number of pyridine rings is 1. The van der Waals surface area contributed by atoms with E-state index in [4.69, 9.17) is 0 Å². The molecule has 2 N–H and O–H groups in total. The van der Waals surface area contributed by atoms with Gasteiger partial charge in [0.2, 0.25) is 0 Å². The monoisotopic (exact) mass is 425 g/mol. The molecule has 1 atom stereocenters. The fourth-order valence-corrected chi connectivity index (χ4v) is 5.18. The van der Waals surface area contributed by atoms with Gasteiger partial charge in [-0.05, 0) is 48.7 Å². The number of carbonyl (C=O) groups is 1. The Morgan fingerprint density at radius 2 is 1.80 bits per heavy atom. The van der Waals surface area contributed by atoms with Crippen LogP contribution in [0.25, 0.3) is 0 Å². The number of hydrogen-bond acceptors (Lipinski definition) is 5. The van der Waals surface area contributed by atoms with Gasteiger partial charge in [-0.25, -0.2) is 17.8 Å². The molecule has 0 spiro atoms. The molecule has 0 saturated heterocycles. The number of nitrogens with zero attached hydrogens (tertiary/aromatic N) is 1. The lowest BCUT2D eigenvalue weighted by Gasteiger charge is -2.20. The standard InChI is InChI=1S/C22H20FN3O3S/c23-17-9-2-3-10-19(17)25-21-16(8-5-13-24-21)22(27)26-18-11-6-14-30(28,29)20-12-4-1-7-15(18)20/h1-5,7-10,12-13,18H,6,11,14H2,(H,24,25)(H,26,27). The smallest absolute Gasteiger partial charge is 0.255 e. The Balaban J connectivity index is 1.63. The summed E-state index contributed by atoms with van der Waals surface area (Å²) in [6.07, 6.45) is 2.45. The van der Waals surface area contributed by atoms with Crippen LogP contribution >= 0.6 is 0 Å². The first kappa shape index (κ1) is 20.0. The number of fused-ring (bicyclic) bond motifs is 1. The van der Waals surface area contributed by atoms with Gasteiger partial charge >= 0.3 is 0 Å². The fourth-order valence-electron chi connectivity index (χ4n) is 3.56. The maximum Gasteiger partial charge on any atom is 0.255 e. The highest BCUT2D eigenvalue weighted by atomic mass is 32.2. The van der Waals surface area contributed by atoms with Crippen LogP contribution in [0.15, 0.2) is 71.8 Å². The van der Waals surface area contributed by atoms with Crippen LogP contribution in [0.2, 0.25) is 0 Å². The Labute approximate surface area is 174 Å². The minimum Gasteiger partial charge on any atom is -0.345 e. The van der Waals surface area contributed by atoms with Crippen molar-refractivity contribution < 1.29 is 17.6 Å². The summed E-state index contributed by atoms with van der Waals surface area (Å²) in [7, 11) is -3.38. The zero-order valence-electron chi connectivity index (χ0n) is 16.0. The van der Waals surface area contributed by atoms with Crippen molar-refractivity contribution in [1.29, 1.82) is 0 Å². The predicted octanol–water partition coefficient (Wildman–Crippen LogP) is 4.00. The van der Waals surface area contributed by atoms with E-state index in [0.29, 0.717) is 18.4 Å². The molecule has 0 bridgehead atoms. The van der Waals surface area contributed by atoms with E-state index in [-0.39, 0.29) is 27.7 Å². The van der Waals surface area contributed by atoms with Crippen molar-refractivity contribution in [1.82, 2.24) is 10.3 Å². The van der Waals surface area contributed by atoms with Crippen LogP contribution in [0.5, 0.6) is 0 Å². The number of aromatic nitrogens is 1. The fraction of sp³-hybridized carbons (Fsp3) is 0.182. The van der Waals surface area contributed by atoms with Crippen LogP contribution in [-0.2, 0) is 9.84 Å². The number of amides is 1. The minimum absolute atomic E-state index is 0.0450. The molecule has 1 unspecified atom stereocenters. The zero-order valence-corrected chi connectivity index (χ0v) is 16.8. The summed E-state index contributed by atoms with van der Waals surface area (Å²) in [4.78, 5) is 17.5. The van der Waals surface area contributed by atoms with Gasteiger partial charge in [-0.2, -0.15) is 0 Å². The first-order valence-corrected chi connectivity index (χ1v) is 11.2. The van der Waals surface area contributed by atoms with E-state index >= 15 is 0 Å². The SMILES string of the molecule is O=C(NC1CCCS(=O)(=O)c2ccccc21)c1cccnc1Nc1ccccc1F. The summed E-state index contributed by atoms with van der Waals surface area (Å²) in [6, 6.07) is 15.6. The van der Waals surface area contributed by atoms with Crippen molar-refractivity contribution in [3.63, 3.8) is 0 Å². The molecule has 0 fully saturated rings. The summed E-state index contributed by atoms with van der Waals surface area (Å²) < 4.78 is 39.0. The highest BCUT2D eigenvalue weighted by Crippen LogP contribution is 2.31. The summed E-state index contributed by atoms with van der Waals surface area (Å²) >= 11 is 0. The first-order valence-electron chi connectivity index (χ1n) is 9.55. The van der Waals surface area contributed by atoms with E-state index < -0.39 is 27.6 Å². The highest BCUT2D eigenvalue weighted by molar-refractivity contribution is 7.91. The summed E-state index contributed by atoms with van der Waals surface area (Å²) in [5.41, 5.74) is 1.03. The molecule has 0 radical (unpaired) electrons. The van der Waals surface area contributed by atoms with E-state index in [1.807, 2.05) is 0 Å². The lowest BCUT2D eigenvalue weighted by atomic mass is 10.0. The lowest BCUT2D eigenvalue weighted by molar-refractivity contribution is 0.0934. The second-order valence-corrected chi connectivity index (χ2v) is 9.11. The molecule has 154 valence electrons. The average Bonchev–Trinajstić information content (AvgIpc) is 2.86. The van der Waals surface area contributed by atoms with Crippen LogP contribution in [0.1, 0.15) is 34.8 Å². The summed E-state index contributed by atoms with van der Waals surface area (Å²) in [6.45, 7) is 0. The quantitative estimate of drug-likeness (QED) is 0.660. The molecule has 1 amide bonds. The largest absolute Gasteiger partial charge is 0.345 e. The van der Waals surface area contributed by atoms with Crippen molar-refractivity contribution in [2.75, 3.05) is 11.1 Å². The Hall–Kier alpha value is -3.26. The third kappa shape index (κ3) is 4.04. The molecule has 1 aliphatic heterocycles. The Morgan fingerprint density at radius 3 is 2.63 bits per heavy atom. The normalized spacial score (nSPS) is 17.4. The third-order valence-corrected chi connectivity index (χ3v) is 6.89. The number of nitrogens with one attached hydrogen (secondary N) is 2. The van der Waals surface area contributed by atoms with E-state index in [1.165, 1.54) is 12.3 Å². The van der Waals surface area contributed by atoms with Crippen molar-refractivity contribution in [2.24, 2.45) is 0 Å². The molecule has 1 aromatic heterocycles. The first-order chi connectivity index (χ1) is 14.5. The van der Waals surface area contributed by atoms with Gasteiger partial charge in [-0.3, -0.25) is 4.79 Å². The average molecular weight is 425 g/mol. The second-order valence-electron chi connectivity index (χ2n) is 7.03. The van der Waals surface area contributed by atoms with Gasteiger partial charge in [0.1, 0.15) is 11.6 Å². The summed E-state index contributed by atoms with van der Waals surface area (Å²) in [5, 5.41) is 5.79. The van der Waals surface area contributed by atoms with Crippen LogP contribution < -0.4 is 10.6 Å². The van der Waals surface area contributed by atoms with Gasteiger partial charge in [-0.1, -0.05) is 30.3 Å². The van der Waals surface area contributed by atoms with E-state index in [0.717, 1.165) is 0 Å². The second kappa shape index (κ2) is 8.23. The number of sulfone groups is 1. The van der Waals surface area contributed by atoms with Crippen LogP contribution in [0.3, 0.4) is 0 Å². The molecule has 8 heteroatoms. The van der Waals surface area contributed by atoms with Gasteiger partial charge in [0, 0.05) is 6.20 Å². The molecule has 2 aromatic carbocycles. The molecule has 0 saturated carbocycles. The number of halogens is 1. The Morgan fingerprint density at radius 1 is 1.03 bits per heavy atom. The maximum absolute atomic E-state index is 14.0. The number of carbonyl (C=O) groups excluding carboxylic acids is 1. The van der Waals surface area contributed by atoms with Crippen LogP contribution in [-0.4, -0.2) is 25.1 Å². The Kier molecular flexibility index (Phi) is 5.50. The lowest BCUT2D eigenvalue weighted by Crippen LogP contribution is -2.29. The molecule has 0 aliphatic carbocycles. The number of hydrogen-bond donors (Lipinski definition) is 2. The molecule has 1 aliphatic rings. The molecule has 3 aromatic rings. The molecular weight excluding hydrogens is 405 g/mol. The summed E-state index contributed by atoms with van der Waals surface area (Å²) in [5.74, 6) is -0.614. The molecule has 2 heterocycles. The van der Waals surface area contributed by atoms with Crippen molar-refractivity contribution in [2.45, 2.75) is 23.8 Å². The van der Waals surface area contributed by atoms with Gasteiger partial charge < -0.3 is 10.6 Å².